The highest BCUT2D eigenvalue weighted by molar-refractivity contribution is 5.51. The van der Waals surface area contributed by atoms with E-state index < -0.39 is 5.60 Å². The summed E-state index contributed by atoms with van der Waals surface area (Å²) < 4.78 is 14.2. The molecule has 2 N–H and O–H groups in total. The Morgan fingerprint density at radius 3 is 2.75 bits per heavy atom. The number of nitrogens with zero attached hydrogens (tertiary/aromatic N) is 5. The van der Waals surface area contributed by atoms with E-state index in [-0.39, 0.29) is 6.10 Å². The van der Waals surface area contributed by atoms with Crippen LogP contribution in [0.25, 0.3) is 0 Å². The fourth-order valence-corrected chi connectivity index (χ4v) is 3.72. The van der Waals surface area contributed by atoms with Gasteiger partial charge >= 0.3 is 0 Å². The second-order valence-corrected chi connectivity index (χ2v) is 8.87. The van der Waals surface area contributed by atoms with Crippen LogP contribution in [0, 0.1) is 0 Å². The van der Waals surface area contributed by atoms with Crippen LogP contribution in [-0.4, -0.2) is 36.4 Å². The third-order valence-electron chi connectivity index (χ3n) is 5.61. The number of aliphatic hydroxyl groups is 1. The van der Waals surface area contributed by atoms with Gasteiger partial charge < -0.3 is 19.9 Å². The molecule has 3 aromatic heterocycles. The van der Waals surface area contributed by atoms with Crippen molar-refractivity contribution in [3.8, 4) is 11.5 Å². The van der Waals surface area contributed by atoms with E-state index in [4.69, 9.17) is 14.6 Å². The summed E-state index contributed by atoms with van der Waals surface area (Å²) in [5.74, 6) is 2.25. The molecule has 1 atom stereocenters. The van der Waals surface area contributed by atoms with Gasteiger partial charge in [0, 0.05) is 25.1 Å². The zero-order valence-electron chi connectivity index (χ0n) is 18.4. The molecule has 1 saturated heterocycles. The van der Waals surface area contributed by atoms with Gasteiger partial charge in [0.2, 0.25) is 5.95 Å². The standard InChI is InChI=1S/C23H28N6O3/c1-23(2,30)19-9-11-25-22(26-19)27-20-13-16(8-10-24-20)32-18-14-29(15-6-7-15)28-21(18)17-5-3-4-12-31-17/h8-11,13-15,17,30H,3-7,12H2,1-2H3,(H,24,25,26,27). The van der Waals surface area contributed by atoms with Crippen LogP contribution in [0.1, 0.15) is 69.5 Å². The van der Waals surface area contributed by atoms with E-state index in [9.17, 15) is 5.11 Å². The Balaban J connectivity index is 1.36. The van der Waals surface area contributed by atoms with Crippen LogP contribution in [0.3, 0.4) is 0 Å². The molecule has 32 heavy (non-hydrogen) atoms. The van der Waals surface area contributed by atoms with Gasteiger partial charge in [0.15, 0.2) is 5.75 Å². The smallest absolute Gasteiger partial charge is 0.228 e. The van der Waals surface area contributed by atoms with Gasteiger partial charge in [-0.05, 0) is 58.1 Å². The minimum Gasteiger partial charge on any atom is -0.453 e. The summed E-state index contributed by atoms with van der Waals surface area (Å²) in [5, 5.41) is 18.1. The molecule has 2 aliphatic rings. The lowest BCUT2D eigenvalue weighted by molar-refractivity contribution is 0.0109. The Morgan fingerprint density at radius 1 is 1.16 bits per heavy atom. The summed E-state index contributed by atoms with van der Waals surface area (Å²) >= 11 is 0. The minimum absolute atomic E-state index is 0.0313. The van der Waals surface area contributed by atoms with Crippen molar-refractivity contribution in [2.24, 2.45) is 0 Å². The number of rotatable bonds is 7. The summed E-state index contributed by atoms with van der Waals surface area (Å²) in [5.41, 5.74) is 0.327. The molecule has 9 nitrogen and oxygen atoms in total. The topological polar surface area (TPSA) is 107 Å². The Hall–Kier alpha value is -3.04. The van der Waals surface area contributed by atoms with Crippen molar-refractivity contribution in [2.75, 3.05) is 11.9 Å². The first-order valence-corrected chi connectivity index (χ1v) is 11.1. The van der Waals surface area contributed by atoms with Gasteiger partial charge in [0.1, 0.15) is 29.0 Å². The lowest BCUT2D eigenvalue weighted by atomic mass is 10.1. The molecular weight excluding hydrogens is 408 g/mol. The summed E-state index contributed by atoms with van der Waals surface area (Å²) in [7, 11) is 0. The Bertz CT molecular complexity index is 1080. The van der Waals surface area contributed by atoms with Crippen molar-refractivity contribution in [2.45, 2.75) is 63.7 Å². The highest BCUT2D eigenvalue weighted by Gasteiger charge is 2.30. The van der Waals surface area contributed by atoms with Crippen molar-refractivity contribution >= 4 is 11.8 Å². The summed E-state index contributed by atoms with van der Waals surface area (Å²) in [6.07, 6.45) is 10.7. The minimum atomic E-state index is -1.06. The number of pyridine rings is 1. The fourth-order valence-electron chi connectivity index (χ4n) is 3.72. The van der Waals surface area contributed by atoms with Gasteiger partial charge in [-0.3, -0.25) is 4.68 Å². The Labute approximate surface area is 186 Å². The third kappa shape index (κ3) is 4.73. The fraction of sp³-hybridized carbons (Fsp3) is 0.478. The average molecular weight is 437 g/mol. The first kappa shape index (κ1) is 20.8. The molecule has 1 aliphatic carbocycles. The number of anilines is 2. The number of hydrogen-bond acceptors (Lipinski definition) is 8. The van der Waals surface area contributed by atoms with Gasteiger partial charge in [-0.1, -0.05) is 0 Å². The summed E-state index contributed by atoms with van der Waals surface area (Å²) in [6.45, 7) is 4.12. The molecule has 1 aliphatic heterocycles. The number of aromatic nitrogens is 5. The largest absolute Gasteiger partial charge is 0.453 e. The molecule has 1 unspecified atom stereocenters. The quantitative estimate of drug-likeness (QED) is 0.561. The van der Waals surface area contributed by atoms with Crippen LogP contribution >= 0.6 is 0 Å². The van der Waals surface area contributed by atoms with Gasteiger partial charge in [0.25, 0.3) is 0 Å². The van der Waals surface area contributed by atoms with E-state index in [1.165, 1.54) is 0 Å². The maximum Gasteiger partial charge on any atom is 0.228 e. The van der Waals surface area contributed by atoms with Crippen molar-refractivity contribution in [3.63, 3.8) is 0 Å². The van der Waals surface area contributed by atoms with E-state index in [0.29, 0.717) is 29.3 Å². The zero-order chi connectivity index (χ0) is 22.1. The lowest BCUT2D eigenvalue weighted by Gasteiger charge is -2.21. The molecule has 0 radical (unpaired) electrons. The van der Waals surface area contributed by atoms with E-state index in [2.05, 4.69) is 20.3 Å². The van der Waals surface area contributed by atoms with E-state index in [0.717, 1.165) is 50.2 Å². The molecule has 3 aromatic rings. The van der Waals surface area contributed by atoms with Gasteiger partial charge in [-0.25, -0.2) is 15.0 Å². The number of hydrogen-bond donors (Lipinski definition) is 2. The predicted octanol–water partition coefficient (Wildman–Crippen LogP) is 4.41. The molecule has 168 valence electrons. The first-order valence-electron chi connectivity index (χ1n) is 11.1. The maximum atomic E-state index is 10.2. The molecular formula is C23H28N6O3. The SMILES string of the molecule is CC(C)(O)c1ccnc(Nc2cc(Oc3cn(C4CC4)nc3C3CCCCO3)ccn2)n1. The number of nitrogens with one attached hydrogen (secondary N) is 1. The van der Waals surface area contributed by atoms with Crippen LogP contribution in [0.15, 0.2) is 36.8 Å². The molecule has 0 aromatic carbocycles. The molecule has 1 saturated carbocycles. The van der Waals surface area contributed by atoms with Gasteiger partial charge in [-0.15, -0.1) is 0 Å². The maximum absolute atomic E-state index is 10.2. The number of ether oxygens (including phenoxy) is 2. The first-order chi connectivity index (χ1) is 15.5. The molecule has 0 spiro atoms. The van der Waals surface area contributed by atoms with Crippen LogP contribution < -0.4 is 10.1 Å². The zero-order valence-corrected chi connectivity index (χ0v) is 18.4. The Kier molecular flexibility index (Phi) is 5.52. The van der Waals surface area contributed by atoms with E-state index in [1.54, 1.807) is 44.4 Å². The monoisotopic (exact) mass is 436 g/mol. The highest BCUT2D eigenvalue weighted by atomic mass is 16.5. The Morgan fingerprint density at radius 2 is 2.00 bits per heavy atom. The normalized spacial score (nSPS) is 19.0. The molecule has 5 rings (SSSR count). The lowest BCUT2D eigenvalue weighted by Crippen LogP contribution is -2.18. The molecule has 4 heterocycles. The molecule has 2 fully saturated rings. The second-order valence-electron chi connectivity index (χ2n) is 8.87. The summed E-state index contributed by atoms with van der Waals surface area (Å²) in [6, 6.07) is 5.74. The van der Waals surface area contributed by atoms with E-state index in [1.807, 2.05) is 10.9 Å². The predicted molar refractivity (Wildman–Crippen MR) is 118 cm³/mol. The van der Waals surface area contributed by atoms with Gasteiger partial charge in [-0.2, -0.15) is 5.10 Å². The van der Waals surface area contributed by atoms with Crippen molar-refractivity contribution in [1.82, 2.24) is 24.7 Å². The summed E-state index contributed by atoms with van der Waals surface area (Å²) in [4.78, 5) is 12.9. The highest BCUT2D eigenvalue weighted by Crippen LogP contribution is 2.40. The third-order valence-corrected chi connectivity index (χ3v) is 5.61. The van der Waals surface area contributed by atoms with Crippen LogP contribution in [0.4, 0.5) is 11.8 Å². The van der Waals surface area contributed by atoms with Crippen LogP contribution in [0.2, 0.25) is 0 Å². The molecule has 0 bridgehead atoms. The van der Waals surface area contributed by atoms with Crippen molar-refractivity contribution in [1.29, 1.82) is 0 Å². The van der Waals surface area contributed by atoms with Crippen LogP contribution in [-0.2, 0) is 10.3 Å². The second kappa shape index (κ2) is 8.48. The van der Waals surface area contributed by atoms with E-state index >= 15 is 0 Å². The molecule has 0 amide bonds. The molecule has 9 heteroatoms. The van der Waals surface area contributed by atoms with Crippen molar-refractivity contribution in [3.05, 3.63) is 48.2 Å². The van der Waals surface area contributed by atoms with Crippen molar-refractivity contribution < 1.29 is 14.6 Å². The van der Waals surface area contributed by atoms with Gasteiger partial charge in [0.05, 0.1) is 17.9 Å². The van der Waals surface area contributed by atoms with Crippen LogP contribution in [0.5, 0.6) is 11.5 Å². The average Bonchev–Trinajstić information content (AvgIpc) is 3.55.